The maximum absolute atomic E-state index is 13.0. The molecule has 2 aromatic heterocycles. The number of aliphatic imine (C=N–C) groups is 1. The van der Waals surface area contributed by atoms with Crippen LogP contribution in [0.3, 0.4) is 0 Å². The lowest BCUT2D eigenvalue weighted by Crippen LogP contribution is -2.12. The van der Waals surface area contributed by atoms with E-state index in [0.717, 1.165) is 39.3 Å². The lowest BCUT2D eigenvalue weighted by molar-refractivity contribution is 0.102. The van der Waals surface area contributed by atoms with Crippen LogP contribution < -0.4 is 5.32 Å². The molecule has 2 aromatic carbocycles. The molecule has 7 heteroatoms. The van der Waals surface area contributed by atoms with Crippen LogP contribution in [0.1, 0.15) is 44.0 Å². The molecule has 0 radical (unpaired) electrons. The van der Waals surface area contributed by atoms with Gasteiger partial charge in [0, 0.05) is 51.6 Å². The first kappa shape index (κ1) is 21.6. The first-order valence-corrected chi connectivity index (χ1v) is 11.1. The number of halogens is 1. The van der Waals surface area contributed by atoms with Gasteiger partial charge in [-0.05, 0) is 55.8 Å². The summed E-state index contributed by atoms with van der Waals surface area (Å²) >= 11 is 6.30. The molecule has 3 heterocycles. The Balaban J connectivity index is 1.38. The van der Waals surface area contributed by atoms with Crippen molar-refractivity contribution in [2.24, 2.45) is 4.99 Å². The molecule has 0 saturated carbocycles. The number of amides is 1. The Kier molecular flexibility index (Phi) is 5.70. The van der Waals surface area contributed by atoms with E-state index in [1.54, 1.807) is 30.7 Å². The first-order valence-electron chi connectivity index (χ1n) is 10.7. The molecular weight excluding hydrogens is 446 g/mol. The molecule has 0 unspecified atom stereocenters. The summed E-state index contributed by atoms with van der Waals surface area (Å²) in [5.41, 5.74) is 7.35. The maximum atomic E-state index is 13.0. The highest BCUT2D eigenvalue weighted by atomic mass is 35.5. The van der Waals surface area contributed by atoms with Gasteiger partial charge in [0.25, 0.3) is 5.91 Å². The van der Waals surface area contributed by atoms with Crippen LogP contribution in [0.25, 0.3) is 5.69 Å². The summed E-state index contributed by atoms with van der Waals surface area (Å²) in [6, 6.07) is 12.8. The molecule has 0 bridgehead atoms. The third-order valence-electron chi connectivity index (χ3n) is 5.47. The Hall–Kier alpha value is -4.21. The van der Waals surface area contributed by atoms with Crippen molar-refractivity contribution in [2.75, 3.05) is 5.32 Å². The van der Waals surface area contributed by atoms with Gasteiger partial charge in [0.1, 0.15) is 0 Å². The molecule has 1 N–H and O–H groups in total. The number of carbonyl (C=O) groups excluding carboxylic acids is 1. The zero-order valence-corrected chi connectivity index (χ0v) is 19.4. The lowest BCUT2D eigenvalue weighted by Gasteiger charge is -2.10. The van der Waals surface area contributed by atoms with E-state index < -0.39 is 0 Å². The Morgan fingerprint density at radius 2 is 1.97 bits per heavy atom. The van der Waals surface area contributed by atoms with Crippen molar-refractivity contribution in [3.63, 3.8) is 0 Å². The third-order valence-corrected chi connectivity index (χ3v) is 5.68. The number of carbonyl (C=O) groups is 1. The number of rotatable bonds is 3. The fourth-order valence-electron chi connectivity index (χ4n) is 3.65. The van der Waals surface area contributed by atoms with E-state index in [-0.39, 0.29) is 5.91 Å². The molecule has 1 aliphatic rings. The number of aromatic nitrogens is 3. The summed E-state index contributed by atoms with van der Waals surface area (Å²) in [5, 5.41) is 3.45. The molecule has 5 rings (SSSR count). The average molecular weight is 466 g/mol. The predicted octanol–water partition coefficient (Wildman–Crippen LogP) is 5.12. The van der Waals surface area contributed by atoms with Gasteiger partial charge in [0.2, 0.25) is 0 Å². The van der Waals surface area contributed by atoms with Crippen LogP contribution in [0.4, 0.5) is 5.69 Å². The van der Waals surface area contributed by atoms with Crippen LogP contribution in [0.5, 0.6) is 0 Å². The molecule has 0 atom stereocenters. The van der Waals surface area contributed by atoms with Gasteiger partial charge in [-0.2, -0.15) is 0 Å². The van der Waals surface area contributed by atoms with Gasteiger partial charge in [-0.1, -0.05) is 29.5 Å². The lowest BCUT2D eigenvalue weighted by atomic mass is 10.0. The summed E-state index contributed by atoms with van der Waals surface area (Å²) in [7, 11) is 0. The summed E-state index contributed by atoms with van der Waals surface area (Å²) in [6.45, 7) is 4.50. The van der Waals surface area contributed by atoms with Gasteiger partial charge >= 0.3 is 0 Å². The van der Waals surface area contributed by atoms with Gasteiger partial charge in [0.05, 0.1) is 29.9 Å². The van der Waals surface area contributed by atoms with Crippen molar-refractivity contribution in [3.05, 3.63) is 105 Å². The SMILES string of the molecule is Cc1cn(-c2cc(Cl)cc(NC(=O)c3ccc(C)c(C#Cc4cnc5c(c4)C=NC5)c3)c2)cn1. The number of nitrogens with one attached hydrogen (secondary N) is 1. The van der Waals surface area contributed by atoms with Crippen molar-refractivity contribution in [3.8, 4) is 17.5 Å². The maximum Gasteiger partial charge on any atom is 0.255 e. The number of pyridine rings is 1. The monoisotopic (exact) mass is 465 g/mol. The van der Waals surface area contributed by atoms with E-state index >= 15 is 0 Å². The number of fused-ring (bicyclic) bond motifs is 1. The molecule has 1 aliphatic heterocycles. The molecule has 0 fully saturated rings. The summed E-state index contributed by atoms with van der Waals surface area (Å²) < 4.78 is 1.86. The fourth-order valence-corrected chi connectivity index (χ4v) is 3.88. The normalized spacial score (nSPS) is 11.6. The Labute approximate surface area is 202 Å². The quantitative estimate of drug-likeness (QED) is 0.427. The van der Waals surface area contributed by atoms with Crippen molar-refractivity contribution in [1.82, 2.24) is 14.5 Å². The van der Waals surface area contributed by atoms with Crippen LogP contribution in [-0.4, -0.2) is 26.7 Å². The zero-order chi connectivity index (χ0) is 23.7. The van der Waals surface area contributed by atoms with Gasteiger partial charge in [-0.15, -0.1) is 0 Å². The Morgan fingerprint density at radius 1 is 1.09 bits per heavy atom. The third kappa shape index (κ3) is 4.61. The highest BCUT2D eigenvalue weighted by Gasteiger charge is 2.11. The van der Waals surface area contributed by atoms with E-state index in [1.807, 2.05) is 55.1 Å². The molecule has 4 aromatic rings. The Morgan fingerprint density at radius 3 is 2.79 bits per heavy atom. The summed E-state index contributed by atoms with van der Waals surface area (Å²) in [6.07, 6.45) is 7.18. The van der Waals surface area contributed by atoms with Crippen LogP contribution >= 0.6 is 11.6 Å². The molecule has 166 valence electrons. The summed E-state index contributed by atoms with van der Waals surface area (Å²) in [4.78, 5) is 25.9. The molecule has 34 heavy (non-hydrogen) atoms. The van der Waals surface area contributed by atoms with Crippen molar-refractivity contribution in [1.29, 1.82) is 0 Å². The van der Waals surface area contributed by atoms with Crippen LogP contribution in [-0.2, 0) is 6.54 Å². The average Bonchev–Trinajstić information content (AvgIpc) is 3.46. The molecule has 0 spiro atoms. The highest BCUT2D eigenvalue weighted by molar-refractivity contribution is 6.31. The number of nitrogens with zero attached hydrogens (tertiary/aromatic N) is 4. The predicted molar refractivity (Wildman–Crippen MR) is 134 cm³/mol. The first-order chi connectivity index (χ1) is 16.4. The fraction of sp³-hybridized carbons (Fsp3) is 0.111. The topological polar surface area (TPSA) is 72.2 Å². The number of aryl methyl sites for hydroxylation is 2. The van der Waals surface area contributed by atoms with Gasteiger partial charge in [-0.3, -0.25) is 14.8 Å². The minimum Gasteiger partial charge on any atom is -0.322 e. The largest absolute Gasteiger partial charge is 0.322 e. The standard InChI is InChI=1S/C27H20ClN5O/c1-17-3-5-21(8-20(17)6-4-19-7-22-13-29-14-26(22)30-12-19)27(34)32-24-9-23(28)10-25(11-24)33-15-18(2)31-16-33/h3,5,7-13,15-16H,14H2,1-2H3,(H,32,34). The smallest absolute Gasteiger partial charge is 0.255 e. The summed E-state index contributed by atoms with van der Waals surface area (Å²) in [5.74, 6) is 6.08. The highest BCUT2D eigenvalue weighted by Crippen LogP contribution is 2.23. The second-order valence-corrected chi connectivity index (χ2v) is 8.52. The number of anilines is 1. The molecule has 1 amide bonds. The van der Waals surface area contributed by atoms with Crippen molar-refractivity contribution in [2.45, 2.75) is 20.4 Å². The number of benzene rings is 2. The Bertz CT molecular complexity index is 1520. The van der Waals surface area contributed by atoms with Crippen molar-refractivity contribution < 1.29 is 4.79 Å². The molecule has 0 saturated heterocycles. The molecular formula is C27H20ClN5O. The van der Waals surface area contributed by atoms with Gasteiger partial charge < -0.3 is 9.88 Å². The number of hydrogen-bond donors (Lipinski definition) is 1. The van der Waals surface area contributed by atoms with E-state index in [9.17, 15) is 4.79 Å². The minimum atomic E-state index is -0.242. The minimum absolute atomic E-state index is 0.242. The van der Waals surface area contributed by atoms with E-state index in [0.29, 0.717) is 22.8 Å². The van der Waals surface area contributed by atoms with Gasteiger partial charge in [-0.25, -0.2) is 4.98 Å². The number of hydrogen-bond acceptors (Lipinski definition) is 4. The van der Waals surface area contributed by atoms with E-state index in [2.05, 4.69) is 32.1 Å². The number of imidazole rings is 1. The van der Waals surface area contributed by atoms with Crippen molar-refractivity contribution >= 4 is 29.4 Å². The van der Waals surface area contributed by atoms with Gasteiger partial charge in [0.15, 0.2) is 0 Å². The van der Waals surface area contributed by atoms with Crippen LogP contribution in [0.2, 0.25) is 5.02 Å². The van der Waals surface area contributed by atoms with E-state index in [1.165, 1.54) is 0 Å². The molecule has 0 aliphatic carbocycles. The van der Waals surface area contributed by atoms with E-state index in [4.69, 9.17) is 11.6 Å². The second kappa shape index (κ2) is 8.97. The zero-order valence-electron chi connectivity index (χ0n) is 18.6. The van der Waals surface area contributed by atoms with Crippen LogP contribution in [0.15, 0.2) is 66.2 Å². The second-order valence-electron chi connectivity index (χ2n) is 8.08. The molecule has 6 nitrogen and oxygen atoms in total. The van der Waals surface area contributed by atoms with Crippen LogP contribution in [0, 0.1) is 25.7 Å².